The van der Waals surface area contributed by atoms with Gasteiger partial charge in [-0.1, -0.05) is 37.4 Å². The fraction of sp³-hybridized carbons (Fsp3) is 0.625. The number of hydrogen-bond acceptors (Lipinski definition) is 4. The second-order valence-electron chi connectivity index (χ2n) is 9.16. The van der Waals surface area contributed by atoms with E-state index in [1.54, 1.807) is 0 Å². The van der Waals surface area contributed by atoms with Gasteiger partial charge in [-0.2, -0.15) is 0 Å². The monoisotopic (exact) mass is 460 g/mol. The van der Waals surface area contributed by atoms with Crippen molar-refractivity contribution < 1.29 is 14.4 Å². The summed E-state index contributed by atoms with van der Waals surface area (Å²) in [5.74, 6) is -0.232. The van der Waals surface area contributed by atoms with Crippen LogP contribution in [0.5, 0.6) is 0 Å². The van der Waals surface area contributed by atoms with Crippen molar-refractivity contribution in [1.29, 1.82) is 0 Å². The van der Waals surface area contributed by atoms with E-state index in [1.165, 1.54) is 4.90 Å². The predicted molar refractivity (Wildman–Crippen MR) is 125 cm³/mol. The Morgan fingerprint density at radius 2 is 1.91 bits per heavy atom. The lowest BCUT2D eigenvalue weighted by Crippen LogP contribution is -2.62. The molecule has 32 heavy (non-hydrogen) atoms. The molecule has 2 aliphatic heterocycles. The molecule has 1 aliphatic carbocycles. The van der Waals surface area contributed by atoms with Crippen molar-refractivity contribution in [3.63, 3.8) is 0 Å². The van der Waals surface area contributed by atoms with Crippen molar-refractivity contribution in [3.8, 4) is 0 Å². The number of rotatable bonds is 6. The van der Waals surface area contributed by atoms with E-state index in [9.17, 15) is 14.4 Å². The number of fused-ring (bicyclic) bond motifs is 1. The number of nitrogens with one attached hydrogen (secondary N) is 1. The summed E-state index contributed by atoms with van der Waals surface area (Å²) < 4.78 is 0. The first-order valence-electron chi connectivity index (χ1n) is 11.9. The number of unbranched alkanes of at least 4 members (excludes halogenated alkanes) is 2. The van der Waals surface area contributed by atoms with E-state index in [0.717, 1.165) is 38.0 Å². The molecule has 3 atom stereocenters. The van der Waals surface area contributed by atoms with Gasteiger partial charge in [0.15, 0.2) is 0 Å². The quantitative estimate of drug-likeness (QED) is 0.659. The molecule has 0 radical (unpaired) electrons. The van der Waals surface area contributed by atoms with Gasteiger partial charge in [-0.25, -0.2) is 4.79 Å². The van der Waals surface area contributed by atoms with Crippen molar-refractivity contribution in [2.75, 3.05) is 37.6 Å². The van der Waals surface area contributed by atoms with Crippen LogP contribution < -0.4 is 10.2 Å². The third-order valence-corrected chi connectivity index (χ3v) is 7.32. The zero-order valence-corrected chi connectivity index (χ0v) is 19.5. The topological polar surface area (TPSA) is 73.0 Å². The third-order valence-electron chi connectivity index (χ3n) is 7.09. The molecule has 3 aliphatic rings. The summed E-state index contributed by atoms with van der Waals surface area (Å²) in [6.07, 6.45) is 4.82. The van der Waals surface area contributed by atoms with Crippen LogP contribution in [-0.4, -0.2) is 66.4 Å². The van der Waals surface area contributed by atoms with E-state index in [4.69, 9.17) is 11.6 Å². The lowest BCUT2D eigenvalue weighted by molar-refractivity contribution is -0.142. The highest BCUT2D eigenvalue weighted by atomic mass is 35.5. The average molecular weight is 461 g/mol. The van der Waals surface area contributed by atoms with Crippen molar-refractivity contribution >= 4 is 35.1 Å². The molecule has 0 spiro atoms. The van der Waals surface area contributed by atoms with E-state index in [1.807, 2.05) is 29.2 Å². The summed E-state index contributed by atoms with van der Waals surface area (Å²) in [7, 11) is 0. The van der Waals surface area contributed by atoms with Crippen LogP contribution in [0.25, 0.3) is 0 Å². The summed E-state index contributed by atoms with van der Waals surface area (Å²) in [4.78, 5) is 44.2. The Kier molecular flexibility index (Phi) is 7.23. The molecule has 0 aromatic heterocycles. The molecule has 1 saturated carbocycles. The number of piperazine rings is 1. The molecule has 4 rings (SSSR count). The number of amides is 4. The Balaban J connectivity index is 1.31. The molecule has 2 saturated heterocycles. The van der Waals surface area contributed by atoms with Gasteiger partial charge in [-0.15, -0.1) is 0 Å². The summed E-state index contributed by atoms with van der Waals surface area (Å²) >= 11 is 6.11. The maximum Gasteiger partial charge on any atom is 0.324 e. The molecule has 4 amide bonds. The Labute approximate surface area is 195 Å². The first-order chi connectivity index (χ1) is 15.5. The van der Waals surface area contributed by atoms with E-state index < -0.39 is 0 Å². The number of anilines is 1. The predicted octanol–water partition coefficient (Wildman–Crippen LogP) is 3.52. The van der Waals surface area contributed by atoms with Crippen LogP contribution in [-0.2, 0) is 9.59 Å². The average Bonchev–Trinajstić information content (AvgIpc) is 2.80. The number of carbonyl (C=O) groups excluding carboxylic acids is 3. The van der Waals surface area contributed by atoms with E-state index in [0.29, 0.717) is 43.9 Å². The van der Waals surface area contributed by atoms with Gasteiger partial charge < -0.3 is 15.1 Å². The van der Waals surface area contributed by atoms with Crippen molar-refractivity contribution in [3.05, 3.63) is 29.3 Å². The molecule has 2 heterocycles. The molecule has 3 fully saturated rings. The largest absolute Gasteiger partial charge is 0.368 e. The minimum Gasteiger partial charge on any atom is -0.368 e. The standard InChI is InChI=1S/C24H33ClN4O3/c1-2-3-4-10-29-23(31)20-9-8-17(15-21(20)26-24(29)32)22(30)28-13-11-27(12-14-28)19-7-5-6-18(25)16-19/h5-7,16-17,20-21H,2-4,8-15H2,1H3,(H,26,32). The molecule has 7 nitrogen and oxygen atoms in total. The summed E-state index contributed by atoms with van der Waals surface area (Å²) in [5, 5.41) is 3.74. The molecular weight excluding hydrogens is 428 g/mol. The SMILES string of the molecule is CCCCCN1C(=O)NC2CC(C(=O)N3CCN(c4cccc(Cl)c4)CC3)CCC2C1=O. The minimum atomic E-state index is -0.296. The second-order valence-corrected chi connectivity index (χ2v) is 9.60. The van der Waals surface area contributed by atoms with Gasteiger partial charge in [0.05, 0.1) is 5.92 Å². The first kappa shape index (κ1) is 22.9. The van der Waals surface area contributed by atoms with E-state index >= 15 is 0 Å². The van der Waals surface area contributed by atoms with Gasteiger partial charge in [0.2, 0.25) is 11.8 Å². The molecule has 1 aromatic rings. The Bertz CT molecular complexity index is 855. The molecule has 1 N–H and O–H groups in total. The number of benzene rings is 1. The van der Waals surface area contributed by atoms with Crippen molar-refractivity contribution in [2.45, 2.75) is 51.5 Å². The van der Waals surface area contributed by atoms with Gasteiger partial charge in [-0.05, 0) is 43.9 Å². The fourth-order valence-corrected chi connectivity index (χ4v) is 5.42. The molecule has 3 unspecified atom stereocenters. The van der Waals surface area contributed by atoms with E-state index in [2.05, 4.69) is 17.1 Å². The highest BCUT2D eigenvalue weighted by Crippen LogP contribution is 2.34. The molecule has 174 valence electrons. The van der Waals surface area contributed by atoms with Crippen molar-refractivity contribution in [1.82, 2.24) is 15.1 Å². The first-order valence-corrected chi connectivity index (χ1v) is 12.3. The maximum atomic E-state index is 13.2. The summed E-state index contributed by atoms with van der Waals surface area (Å²) in [6, 6.07) is 7.27. The van der Waals surface area contributed by atoms with Gasteiger partial charge in [0.1, 0.15) is 0 Å². The van der Waals surface area contributed by atoms with Crippen LogP contribution in [0.3, 0.4) is 0 Å². The lowest BCUT2D eigenvalue weighted by Gasteiger charge is -2.43. The molecule has 1 aromatic carbocycles. The summed E-state index contributed by atoms with van der Waals surface area (Å²) in [6.45, 7) is 5.48. The number of imide groups is 1. The van der Waals surface area contributed by atoms with Gasteiger partial charge >= 0.3 is 6.03 Å². The number of hydrogen-bond donors (Lipinski definition) is 1. The zero-order valence-electron chi connectivity index (χ0n) is 18.8. The Morgan fingerprint density at radius 3 is 2.62 bits per heavy atom. The van der Waals surface area contributed by atoms with Gasteiger partial charge in [0.25, 0.3) is 0 Å². The number of halogens is 1. The second kappa shape index (κ2) is 10.1. The highest BCUT2D eigenvalue weighted by Gasteiger charge is 2.45. The number of urea groups is 1. The minimum absolute atomic E-state index is 0.0594. The Hall–Kier alpha value is -2.28. The van der Waals surface area contributed by atoms with Crippen LogP contribution in [0.4, 0.5) is 10.5 Å². The maximum absolute atomic E-state index is 13.2. The fourth-order valence-electron chi connectivity index (χ4n) is 5.23. The molecule has 8 heteroatoms. The van der Waals surface area contributed by atoms with Crippen LogP contribution in [0.2, 0.25) is 5.02 Å². The van der Waals surface area contributed by atoms with E-state index in [-0.39, 0.29) is 35.7 Å². The zero-order chi connectivity index (χ0) is 22.7. The van der Waals surface area contributed by atoms with Crippen LogP contribution in [0, 0.1) is 11.8 Å². The third kappa shape index (κ3) is 4.87. The number of nitrogens with zero attached hydrogens (tertiary/aromatic N) is 3. The lowest BCUT2D eigenvalue weighted by atomic mass is 9.76. The number of carbonyl (C=O) groups is 3. The van der Waals surface area contributed by atoms with Crippen LogP contribution >= 0.6 is 11.6 Å². The summed E-state index contributed by atoms with van der Waals surface area (Å²) in [5.41, 5.74) is 1.08. The van der Waals surface area contributed by atoms with Crippen LogP contribution in [0.15, 0.2) is 24.3 Å². The normalized spacial score (nSPS) is 26.1. The van der Waals surface area contributed by atoms with Crippen LogP contribution in [0.1, 0.15) is 45.4 Å². The highest BCUT2D eigenvalue weighted by molar-refractivity contribution is 6.30. The van der Waals surface area contributed by atoms with Gasteiger partial charge in [0, 0.05) is 55.4 Å². The smallest absolute Gasteiger partial charge is 0.324 e. The van der Waals surface area contributed by atoms with Gasteiger partial charge in [-0.3, -0.25) is 14.5 Å². The molecular formula is C24H33ClN4O3. The molecule has 0 bridgehead atoms. The Morgan fingerprint density at radius 1 is 1.12 bits per heavy atom. The van der Waals surface area contributed by atoms with Crippen molar-refractivity contribution in [2.24, 2.45) is 11.8 Å².